The zero-order valence-corrected chi connectivity index (χ0v) is 18.6. The smallest absolute Gasteiger partial charge is 0.246 e. The van der Waals surface area contributed by atoms with Crippen LogP contribution in [0, 0.1) is 5.92 Å². The number of nitrogens with one attached hydrogen (secondary N) is 1. The zero-order chi connectivity index (χ0) is 21.1. The monoisotopic (exact) mass is 427 g/mol. The molecule has 2 aromatic heterocycles. The van der Waals surface area contributed by atoms with Crippen molar-refractivity contribution in [3.8, 4) is 0 Å². The molecule has 1 N–H and O–H groups in total. The van der Waals surface area contributed by atoms with E-state index in [1.54, 1.807) is 0 Å². The molecule has 160 valence electrons. The summed E-state index contributed by atoms with van der Waals surface area (Å²) in [5.74, 6) is 1.91. The standard InChI is InChI=1S/C22H29N5O2S/c1-15(2)21(23-20(28)14-29-3)22-25-24-19-8-9-26(10-11-27(19)22)13-17-12-16-6-4-5-7-18(16)30-17/h4-7,12,15,21H,8-11,13-14H2,1-3H3,(H,23,28)/t21-/m0/s1. The van der Waals surface area contributed by atoms with Gasteiger partial charge in [0.2, 0.25) is 5.91 Å². The van der Waals surface area contributed by atoms with Crippen LogP contribution in [0.4, 0.5) is 0 Å². The third-order valence-corrected chi connectivity index (χ3v) is 6.64. The molecule has 1 aliphatic rings. The molecule has 0 spiro atoms. The molecule has 0 fully saturated rings. The topological polar surface area (TPSA) is 72.3 Å². The summed E-state index contributed by atoms with van der Waals surface area (Å²) in [6.07, 6.45) is 0.856. The number of carbonyl (C=O) groups is 1. The lowest BCUT2D eigenvalue weighted by Gasteiger charge is -2.23. The quantitative estimate of drug-likeness (QED) is 0.628. The Morgan fingerprint density at radius 1 is 1.23 bits per heavy atom. The van der Waals surface area contributed by atoms with E-state index in [-0.39, 0.29) is 24.5 Å². The van der Waals surface area contributed by atoms with Gasteiger partial charge in [-0.15, -0.1) is 21.5 Å². The lowest BCUT2D eigenvalue weighted by atomic mass is 10.0. The Balaban J connectivity index is 1.47. The number of thiophene rings is 1. The largest absolute Gasteiger partial charge is 0.375 e. The van der Waals surface area contributed by atoms with Crippen molar-refractivity contribution in [2.24, 2.45) is 5.92 Å². The van der Waals surface area contributed by atoms with Crippen LogP contribution < -0.4 is 5.32 Å². The highest BCUT2D eigenvalue weighted by Crippen LogP contribution is 2.27. The number of ether oxygens (including phenoxy) is 1. The first-order valence-electron chi connectivity index (χ1n) is 10.4. The van der Waals surface area contributed by atoms with Gasteiger partial charge < -0.3 is 14.6 Å². The summed E-state index contributed by atoms with van der Waals surface area (Å²) in [5, 5.41) is 13.3. The molecule has 0 radical (unpaired) electrons. The summed E-state index contributed by atoms with van der Waals surface area (Å²) in [7, 11) is 1.53. The van der Waals surface area contributed by atoms with Crippen LogP contribution in [0.3, 0.4) is 0 Å². The molecule has 3 aromatic rings. The molecular formula is C22H29N5O2S. The van der Waals surface area contributed by atoms with Crippen molar-refractivity contribution in [3.63, 3.8) is 0 Å². The maximum Gasteiger partial charge on any atom is 0.246 e. The first-order chi connectivity index (χ1) is 14.5. The van der Waals surface area contributed by atoms with Gasteiger partial charge in [-0.2, -0.15) is 0 Å². The Morgan fingerprint density at radius 2 is 2.07 bits per heavy atom. The minimum atomic E-state index is -0.178. The molecule has 0 saturated heterocycles. The van der Waals surface area contributed by atoms with E-state index in [1.807, 2.05) is 11.3 Å². The molecule has 8 heteroatoms. The maximum atomic E-state index is 12.1. The number of fused-ring (bicyclic) bond motifs is 2. The van der Waals surface area contributed by atoms with Crippen molar-refractivity contribution in [3.05, 3.63) is 46.9 Å². The Morgan fingerprint density at radius 3 is 2.83 bits per heavy atom. The van der Waals surface area contributed by atoms with Crippen LogP contribution in [-0.4, -0.2) is 52.4 Å². The van der Waals surface area contributed by atoms with E-state index in [9.17, 15) is 4.79 Å². The number of hydrogen-bond donors (Lipinski definition) is 1. The van der Waals surface area contributed by atoms with Crippen molar-refractivity contribution in [1.29, 1.82) is 0 Å². The SMILES string of the molecule is COCC(=O)N[C@H](c1nnc2n1CCN(Cc1cc3ccccc3s1)CC2)C(C)C. The molecule has 1 amide bonds. The second kappa shape index (κ2) is 9.24. The molecule has 7 nitrogen and oxygen atoms in total. The third-order valence-electron chi connectivity index (χ3n) is 5.54. The minimum absolute atomic E-state index is 0.0488. The first-order valence-corrected chi connectivity index (χ1v) is 11.3. The van der Waals surface area contributed by atoms with Crippen LogP contribution in [0.1, 0.15) is 36.4 Å². The summed E-state index contributed by atoms with van der Waals surface area (Å²) in [5.41, 5.74) is 0. The Hall–Kier alpha value is -2.29. The predicted molar refractivity (Wildman–Crippen MR) is 118 cm³/mol. The average Bonchev–Trinajstić information content (AvgIpc) is 3.25. The van der Waals surface area contributed by atoms with Gasteiger partial charge in [0.25, 0.3) is 0 Å². The van der Waals surface area contributed by atoms with Crippen molar-refractivity contribution in [2.45, 2.75) is 39.4 Å². The molecule has 30 heavy (non-hydrogen) atoms. The number of hydrogen-bond acceptors (Lipinski definition) is 6. The molecule has 3 heterocycles. The van der Waals surface area contributed by atoms with Crippen LogP contribution in [0.2, 0.25) is 0 Å². The fourth-order valence-corrected chi connectivity index (χ4v) is 5.09. The van der Waals surface area contributed by atoms with E-state index < -0.39 is 0 Å². The molecule has 1 atom stereocenters. The highest BCUT2D eigenvalue weighted by Gasteiger charge is 2.27. The van der Waals surface area contributed by atoms with Crippen LogP contribution in [0.15, 0.2) is 30.3 Å². The maximum absolute atomic E-state index is 12.1. The molecule has 0 unspecified atom stereocenters. The number of amides is 1. The van der Waals surface area contributed by atoms with Crippen LogP contribution in [-0.2, 0) is 29.0 Å². The van der Waals surface area contributed by atoms with Crippen molar-refractivity contribution in [1.82, 2.24) is 25.0 Å². The fraction of sp³-hybridized carbons (Fsp3) is 0.500. The number of aromatic nitrogens is 3. The van der Waals surface area contributed by atoms with Crippen LogP contribution >= 0.6 is 11.3 Å². The van der Waals surface area contributed by atoms with Crippen molar-refractivity contribution in [2.75, 3.05) is 26.8 Å². The van der Waals surface area contributed by atoms with E-state index in [2.05, 4.69) is 69.2 Å². The van der Waals surface area contributed by atoms with E-state index in [0.29, 0.717) is 0 Å². The van der Waals surface area contributed by atoms with Crippen LogP contribution in [0.25, 0.3) is 10.1 Å². The van der Waals surface area contributed by atoms with Crippen LogP contribution in [0.5, 0.6) is 0 Å². The van der Waals surface area contributed by atoms with Gasteiger partial charge >= 0.3 is 0 Å². The number of carbonyl (C=O) groups excluding carboxylic acids is 1. The van der Waals surface area contributed by atoms with Gasteiger partial charge in [-0.3, -0.25) is 9.69 Å². The summed E-state index contributed by atoms with van der Waals surface area (Å²) in [6, 6.07) is 10.7. The highest BCUT2D eigenvalue weighted by atomic mass is 32.1. The molecule has 0 saturated carbocycles. The van der Waals surface area contributed by atoms with Gasteiger partial charge in [0, 0.05) is 49.3 Å². The zero-order valence-electron chi connectivity index (χ0n) is 17.8. The summed E-state index contributed by atoms with van der Waals surface area (Å²) >= 11 is 1.87. The Kier molecular flexibility index (Phi) is 6.46. The van der Waals surface area contributed by atoms with E-state index >= 15 is 0 Å². The normalized spacial score (nSPS) is 15.9. The molecule has 1 aromatic carbocycles. The van der Waals surface area contributed by atoms with Gasteiger partial charge in [-0.05, 0) is 23.4 Å². The minimum Gasteiger partial charge on any atom is -0.375 e. The lowest BCUT2D eigenvalue weighted by molar-refractivity contribution is -0.125. The summed E-state index contributed by atoms with van der Waals surface area (Å²) < 4.78 is 8.50. The lowest BCUT2D eigenvalue weighted by Crippen LogP contribution is -2.36. The first kappa shape index (κ1) is 21.0. The molecule has 1 aliphatic heterocycles. The number of rotatable bonds is 7. The summed E-state index contributed by atoms with van der Waals surface area (Å²) in [4.78, 5) is 16.0. The van der Waals surface area contributed by atoms with E-state index in [4.69, 9.17) is 4.74 Å². The van der Waals surface area contributed by atoms with E-state index in [1.165, 1.54) is 22.1 Å². The molecular weight excluding hydrogens is 398 g/mol. The number of benzene rings is 1. The van der Waals surface area contributed by atoms with Crippen molar-refractivity contribution >= 4 is 27.3 Å². The number of methoxy groups -OCH3 is 1. The van der Waals surface area contributed by atoms with Gasteiger partial charge in [-0.1, -0.05) is 32.0 Å². The van der Waals surface area contributed by atoms with Gasteiger partial charge in [0.1, 0.15) is 12.4 Å². The Labute approximate surface area is 181 Å². The Bertz CT molecular complexity index is 979. The summed E-state index contributed by atoms with van der Waals surface area (Å²) in [6.45, 7) is 7.88. The van der Waals surface area contributed by atoms with E-state index in [0.717, 1.165) is 44.2 Å². The predicted octanol–water partition coefficient (Wildman–Crippen LogP) is 3.01. The average molecular weight is 428 g/mol. The second-order valence-corrected chi connectivity index (χ2v) is 9.29. The van der Waals surface area contributed by atoms with Gasteiger partial charge in [0.05, 0.1) is 6.04 Å². The van der Waals surface area contributed by atoms with Crippen molar-refractivity contribution < 1.29 is 9.53 Å². The molecule has 0 aliphatic carbocycles. The highest BCUT2D eigenvalue weighted by molar-refractivity contribution is 7.19. The fourth-order valence-electron chi connectivity index (χ4n) is 3.99. The van der Waals surface area contributed by atoms with Gasteiger partial charge in [0.15, 0.2) is 5.82 Å². The number of nitrogens with zero attached hydrogens (tertiary/aromatic N) is 4. The molecule has 4 rings (SSSR count). The third kappa shape index (κ3) is 4.55. The molecule has 0 bridgehead atoms. The van der Waals surface area contributed by atoms with Gasteiger partial charge in [-0.25, -0.2) is 0 Å². The second-order valence-electron chi connectivity index (χ2n) is 8.12.